The predicted octanol–water partition coefficient (Wildman–Crippen LogP) is 5.08. The third-order valence-electron chi connectivity index (χ3n) is 3.56. The van der Waals surface area contributed by atoms with Crippen LogP contribution >= 0.6 is 0 Å². The van der Waals surface area contributed by atoms with Crippen molar-refractivity contribution in [3.05, 3.63) is 29.6 Å². The summed E-state index contributed by atoms with van der Waals surface area (Å²) >= 11 is 0. The van der Waals surface area contributed by atoms with Gasteiger partial charge in [0.2, 0.25) is 0 Å². The number of nitrogens with one attached hydrogen (secondary N) is 1. The van der Waals surface area contributed by atoms with Gasteiger partial charge in [-0.25, -0.2) is 9.18 Å². The van der Waals surface area contributed by atoms with Crippen molar-refractivity contribution in [2.75, 3.05) is 11.9 Å². The van der Waals surface area contributed by atoms with E-state index in [9.17, 15) is 9.18 Å². The first kappa shape index (κ1) is 17.5. The lowest BCUT2D eigenvalue weighted by Gasteiger charge is -2.07. The van der Waals surface area contributed by atoms with E-state index in [1.807, 2.05) is 0 Å². The molecule has 0 aliphatic rings. The number of benzene rings is 1. The molecule has 0 bridgehead atoms. The summed E-state index contributed by atoms with van der Waals surface area (Å²) in [5, 5.41) is 11.9. The molecule has 0 heterocycles. The first-order chi connectivity index (χ1) is 10.1. The van der Waals surface area contributed by atoms with E-state index in [4.69, 9.17) is 5.11 Å². The van der Waals surface area contributed by atoms with Crippen molar-refractivity contribution in [2.24, 2.45) is 0 Å². The summed E-state index contributed by atoms with van der Waals surface area (Å²) in [5.74, 6) is -1.93. The number of anilines is 1. The Morgan fingerprint density at radius 2 is 1.71 bits per heavy atom. The fraction of sp³-hybridized carbons (Fsp3) is 0.588. The third kappa shape index (κ3) is 7.11. The molecule has 0 amide bonds. The van der Waals surface area contributed by atoms with Gasteiger partial charge in [-0.15, -0.1) is 0 Å². The molecule has 2 N–H and O–H groups in total. The fourth-order valence-corrected chi connectivity index (χ4v) is 2.29. The van der Waals surface area contributed by atoms with E-state index >= 15 is 0 Å². The van der Waals surface area contributed by atoms with Gasteiger partial charge in [-0.3, -0.25) is 0 Å². The van der Waals surface area contributed by atoms with E-state index in [-0.39, 0.29) is 5.56 Å². The first-order valence-electron chi connectivity index (χ1n) is 7.92. The minimum absolute atomic E-state index is 0.285. The van der Waals surface area contributed by atoms with Crippen molar-refractivity contribution in [3.8, 4) is 0 Å². The van der Waals surface area contributed by atoms with E-state index in [0.717, 1.165) is 13.0 Å². The maximum atomic E-state index is 13.5. The highest BCUT2D eigenvalue weighted by atomic mass is 19.1. The Labute approximate surface area is 126 Å². The molecule has 0 unspecified atom stereocenters. The molecule has 0 fully saturated rings. The normalized spacial score (nSPS) is 10.6. The average Bonchev–Trinajstić information content (AvgIpc) is 2.45. The number of aromatic carboxylic acids is 1. The van der Waals surface area contributed by atoms with Crippen molar-refractivity contribution in [2.45, 2.75) is 58.3 Å². The molecule has 0 aromatic heterocycles. The highest BCUT2D eigenvalue weighted by Crippen LogP contribution is 2.15. The van der Waals surface area contributed by atoms with Crippen LogP contribution in [0.2, 0.25) is 0 Å². The number of carbonyl (C=O) groups is 1. The zero-order valence-corrected chi connectivity index (χ0v) is 12.8. The Balaban J connectivity index is 2.13. The Kier molecular flexibility index (Phi) is 8.48. The minimum atomic E-state index is -1.23. The van der Waals surface area contributed by atoms with Crippen molar-refractivity contribution in [3.63, 3.8) is 0 Å². The number of unbranched alkanes of at least 4 members (excludes halogenated alkanes) is 7. The summed E-state index contributed by atoms with van der Waals surface area (Å²) in [7, 11) is 0. The lowest BCUT2D eigenvalue weighted by atomic mass is 10.1. The molecule has 1 rings (SSSR count). The van der Waals surface area contributed by atoms with Crippen molar-refractivity contribution in [1.29, 1.82) is 0 Å². The average molecular weight is 295 g/mol. The summed E-state index contributed by atoms with van der Waals surface area (Å²) in [5.41, 5.74) is 0.355. The van der Waals surface area contributed by atoms with Gasteiger partial charge < -0.3 is 10.4 Å². The second-order valence-electron chi connectivity index (χ2n) is 5.40. The van der Waals surface area contributed by atoms with Gasteiger partial charge in [0.15, 0.2) is 0 Å². The SMILES string of the molecule is CCCCCCCCCCNc1ccc(C(=O)O)c(F)c1. The van der Waals surface area contributed by atoms with Gasteiger partial charge >= 0.3 is 5.97 Å². The van der Waals surface area contributed by atoms with Crippen LogP contribution in [0.3, 0.4) is 0 Å². The molecule has 0 saturated heterocycles. The summed E-state index contributed by atoms with van der Waals surface area (Å²) in [6, 6.07) is 4.15. The quantitative estimate of drug-likeness (QED) is 0.560. The molecule has 1 aromatic carbocycles. The summed E-state index contributed by atoms with van der Waals surface area (Å²) in [6.45, 7) is 3.01. The maximum Gasteiger partial charge on any atom is 0.338 e. The second kappa shape index (κ2) is 10.2. The first-order valence-corrected chi connectivity index (χ1v) is 7.92. The molecule has 0 saturated carbocycles. The maximum absolute atomic E-state index is 13.5. The molecule has 118 valence electrons. The van der Waals surface area contributed by atoms with Gasteiger partial charge in [0.05, 0.1) is 5.56 Å². The van der Waals surface area contributed by atoms with Gasteiger partial charge in [0, 0.05) is 12.2 Å². The zero-order valence-electron chi connectivity index (χ0n) is 12.8. The minimum Gasteiger partial charge on any atom is -0.478 e. The standard InChI is InChI=1S/C17H26FNO2/c1-2-3-4-5-6-7-8-9-12-19-14-10-11-15(17(20)21)16(18)13-14/h10-11,13,19H,2-9,12H2,1H3,(H,20,21). The Bertz CT molecular complexity index is 435. The van der Waals surface area contributed by atoms with Crippen molar-refractivity contribution < 1.29 is 14.3 Å². The highest BCUT2D eigenvalue weighted by molar-refractivity contribution is 5.88. The highest BCUT2D eigenvalue weighted by Gasteiger charge is 2.09. The van der Waals surface area contributed by atoms with Gasteiger partial charge in [0.25, 0.3) is 0 Å². The van der Waals surface area contributed by atoms with Crippen LogP contribution in [-0.2, 0) is 0 Å². The number of hydrogen-bond acceptors (Lipinski definition) is 2. The van der Waals surface area contributed by atoms with Crippen molar-refractivity contribution >= 4 is 11.7 Å². The molecule has 21 heavy (non-hydrogen) atoms. The molecule has 3 nitrogen and oxygen atoms in total. The molecule has 4 heteroatoms. The molecular weight excluding hydrogens is 269 g/mol. The molecule has 0 radical (unpaired) electrons. The van der Waals surface area contributed by atoms with Crippen LogP contribution in [0.5, 0.6) is 0 Å². The van der Waals surface area contributed by atoms with E-state index in [1.54, 1.807) is 6.07 Å². The van der Waals surface area contributed by atoms with E-state index in [0.29, 0.717) is 5.69 Å². The van der Waals surface area contributed by atoms with E-state index in [1.165, 1.54) is 57.1 Å². The fourth-order valence-electron chi connectivity index (χ4n) is 2.29. The van der Waals surface area contributed by atoms with Gasteiger partial charge in [-0.2, -0.15) is 0 Å². The second-order valence-corrected chi connectivity index (χ2v) is 5.40. The van der Waals surface area contributed by atoms with Crippen LogP contribution in [-0.4, -0.2) is 17.6 Å². The van der Waals surface area contributed by atoms with Gasteiger partial charge in [-0.1, -0.05) is 51.9 Å². The number of carboxylic acids is 1. The van der Waals surface area contributed by atoms with Gasteiger partial charge in [-0.05, 0) is 24.6 Å². The van der Waals surface area contributed by atoms with E-state index in [2.05, 4.69) is 12.2 Å². The zero-order chi connectivity index (χ0) is 15.5. The van der Waals surface area contributed by atoms with E-state index < -0.39 is 11.8 Å². The topological polar surface area (TPSA) is 49.3 Å². The third-order valence-corrected chi connectivity index (χ3v) is 3.56. The smallest absolute Gasteiger partial charge is 0.338 e. The Morgan fingerprint density at radius 3 is 2.29 bits per heavy atom. The Hall–Kier alpha value is -1.58. The summed E-state index contributed by atoms with van der Waals surface area (Å²) in [4.78, 5) is 10.7. The van der Waals surface area contributed by atoms with Crippen LogP contribution in [0.15, 0.2) is 18.2 Å². The number of rotatable bonds is 11. The van der Waals surface area contributed by atoms with Crippen LogP contribution in [0.1, 0.15) is 68.6 Å². The predicted molar refractivity (Wildman–Crippen MR) is 84.5 cm³/mol. The summed E-state index contributed by atoms with van der Waals surface area (Å²) < 4.78 is 13.5. The van der Waals surface area contributed by atoms with Crippen molar-refractivity contribution in [1.82, 2.24) is 0 Å². The van der Waals surface area contributed by atoms with Crippen LogP contribution in [0.4, 0.5) is 10.1 Å². The summed E-state index contributed by atoms with van der Waals surface area (Å²) in [6.07, 6.45) is 10.0. The number of hydrogen-bond donors (Lipinski definition) is 2. The molecular formula is C17H26FNO2. The monoisotopic (exact) mass is 295 g/mol. The molecule has 0 atom stereocenters. The van der Waals surface area contributed by atoms with Crippen LogP contribution < -0.4 is 5.32 Å². The molecule has 0 aliphatic heterocycles. The van der Waals surface area contributed by atoms with Crippen LogP contribution in [0, 0.1) is 5.82 Å². The lowest BCUT2D eigenvalue weighted by Crippen LogP contribution is -2.04. The molecule has 0 spiro atoms. The van der Waals surface area contributed by atoms with Crippen LogP contribution in [0.25, 0.3) is 0 Å². The molecule has 1 aromatic rings. The largest absolute Gasteiger partial charge is 0.478 e. The Morgan fingerprint density at radius 1 is 1.10 bits per heavy atom. The number of carboxylic acid groups (broad SMARTS) is 1. The lowest BCUT2D eigenvalue weighted by molar-refractivity contribution is 0.0692. The number of halogens is 1. The molecule has 0 aliphatic carbocycles. The van der Waals surface area contributed by atoms with Gasteiger partial charge in [0.1, 0.15) is 5.82 Å².